The van der Waals surface area contributed by atoms with E-state index >= 15 is 0 Å². The van der Waals surface area contributed by atoms with Crippen LogP contribution in [0.25, 0.3) is 0 Å². The van der Waals surface area contributed by atoms with Crippen LogP contribution in [0.5, 0.6) is 11.6 Å². The van der Waals surface area contributed by atoms with Gasteiger partial charge in [0, 0.05) is 11.1 Å². The second-order valence-electron chi connectivity index (χ2n) is 6.18. The molecule has 0 aliphatic carbocycles. The number of carbonyl (C=O) groups excluding carboxylic acids is 1. The number of halogens is 2. The maximum absolute atomic E-state index is 13.0. The molecule has 2 N–H and O–H groups in total. The predicted molar refractivity (Wildman–Crippen MR) is 105 cm³/mol. The van der Waals surface area contributed by atoms with Crippen LogP contribution in [0.4, 0.5) is 4.39 Å². The van der Waals surface area contributed by atoms with Gasteiger partial charge in [-0.3, -0.25) is 4.79 Å². The SMILES string of the molecule is C[C@H](NC(=O)c1cc(Cl)ccc1Oc1ccc(F)cn1)c1ccc(C(=O)O)cc1. The normalized spacial score (nSPS) is 11.6. The molecule has 0 aliphatic heterocycles. The molecule has 6 nitrogen and oxygen atoms in total. The molecule has 2 aromatic carbocycles. The Hall–Kier alpha value is -3.45. The third kappa shape index (κ3) is 5.08. The predicted octanol–water partition coefficient (Wildman–Crippen LogP) is 4.86. The Morgan fingerprint density at radius 2 is 1.86 bits per heavy atom. The Labute approximate surface area is 170 Å². The quantitative estimate of drug-likeness (QED) is 0.601. The van der Waals surface area contributed by atoms with Gasteiger partial charge in [0.25, 0.3) is 5.91 Å². The smallest absolute Gasteiger partial charge is 0.335 e. The number of carbonyl (C=O) groups is 2. The number of hydrogen-bond donors (Lipinski definition) is 2. The summed E-state index contributed by atoms with van der Waals surface area (Å²) in [4.78, 5) is 27.6. The summed E-state index contributed by atoms with van der Waals surface area (Å²) in [6.07, 6.45) is 1.01. The molecule has 0 radical (unpaired) electrons. The molecule has 1 aromatic heterocycles. The Bertz CT molecular complexity index is 1040. The number of benzene rings is 2. The largest absolute Gasteiger partial charge is 0.478 e. The summed E-state index contributed by atoms with van der Waals surface area (Å²) in [6, 6.07) is 12.9. The molecule has 29 heavy (non-hydrogen) atoms. The maximum atomic E-state index is 13.0. The molecule has 0 unspecified atom stereocenters. The topological polar surface area (TPSA) is 88.5 Å². The van der Waals surface area contributed by atoms with Crippen LogP contribution in [0.3, 0.4) is 0 Å². The van der Waals surface area contributed by atoms with Crippen molar-refractivity contribution in [1.82, 2.24) is 10.3 Å². The van der Waals surface area contributed by atoms with E-state index in [0.717, 1.165) is 11.8 Å². The van der Waals surface area contributed by atoms with E-state index in [2.05, 4.69) is 10.3 Å². The zero-order valence-corrected chi connectivity index (χ0v) is 16.0. The summed E-state index contributed by atoms with van der Waals surface area (Å²) in [5, 5.41) is 12.1. The molecule has 1 amide bonds. The highest BCUT2D eigenvalue weighted by Crippen LogP contribution is 2.28. The van der Waals surface area contributed by atoms with Gasteiger partial charge < -0.3 is 15.2 Å². The van der Waals surface area contributed by atoms with E-state index in [9.17, 15) is 14.0 Å². The van der Waals surface area contributed by atoms with Gasteiger partial charge in [-0.05, 0) is 48.9 Å². The Kier molecular flexibility index (Phi) is 6.09. The molecule has 8 heteroatoms. The molecule has 0 aliphatic rings. The molecule has 0 bridgehead atoms. The number of rotatable bonds is 6. The van der Waals surface area contributed by atoms with Crippen molar-refractivity contribution < 1.29 is 23.8 Å². The number of pyridine rings is 1. The van der Waals surface area contributed by atoms with E-state index in [1.807, 2.05) is 0 Å². The fourth-order valence-corrected chi connectivity index (χ4v) is 2.75. The minimum absolute atomic E-state index is 0.125. The molecular formula is C21H16ClFN2O4. The van der Waals surface area contributed by atoms with E-state index in [0.29, 0.717) is 5.02 Å². The highest BCUT2D eigenvalue weighted by Gasteiger charge is 2.18. The van der Waals surface area contributed by atoms with Crippen molar-refractivity contribution in [1.29, 1.82) is 0 Å². The number of aromatic nitrogens is 1. The first kappa shape index (κ1) is 20.3. The standard InChI is InChI=1S/C21H16ClFN2O4/c1-12(13-2-4-14(5-3-13)21(27)28)25-20(26)17-10-15(22)6-8-18(17)29-19-9-7-16(23)11-24-19/h2-12H,1H3,(H,25,26)(H,27,28)/t12-/m0/s1. The van der Waals surface area contributed by atoms with Gasteiger partial charge >= 0.3 is 5.97 Å². The van der Waals surface area contributed by atoms with Gasteiger partial charge in [-0.1, -0.05) is 23.7 Å². The Morgan fingerprint density at radius 1 is 1.14 bits per heavy atom. The Morgan fingerprint density at radius 3 is 2.48 bits per heavy atom. The van der Waals surface area contributed by atoms with E-state index in [1.165, 1.54) is 36.4 Å². The van der Waals surface area contributed by atoms with Crippen LogP contribution in [-0.4, -0.2) is 22.0 Å². The van der Waals surface area contributed by atoms with Crippen LogP contribution >= 0.6 is 11.6 Å². The summed E-state index contributed by atoms with van der Waals surface area (Å²) in [5.74, 6) is -1.64. The number of amides is 1. The van der Waals surface area contributed by atoms with Gasteiger partial charge in [-0.25, -0.2) is 14.2 Å². The van der Waals surface area contributed by atoms with Crippen molar-refractivity contribution >= 4 is 23.5 Å². The first-order chi connectivity index (χ1) is 13.8. The summed E-state index contributed by atoms with van der Waals surface area (Å²) < 4.78 is 18.6. The molecule has 0 saturated heterocycles. The van der Waals surface area contributed by atoms with E-state index in [4.69, 9.17) is 21.4 Å². The number of aromatic carboxylic acids is 1. The summed E-state index contributed by atoms with van der Waals surface area (Å²) in [6.45, 7) is 1.76. The number of hydrogen-bond acceptors (Lipinski definition) is 4. The van der Waals surface area contributed by atoms with Gasteiger partial charge in [0.15, 0.2) is 0 Å². The Balaban J connectivity index is 1.79. The van der Waals surface area contributed by atoms with Crippen molar-refractivity contribution in [3.05, 3.63) is 88.3 Å². The van der Waals surface area contributed by atoms with Crippen LogP contribution < -0.4 is 10.1 Å². The lowest BCUT2D eigenvalue weighted by Gasteiger charge is -2.16. The number of nitrogens with one attached hydrogen (secondary N) is 1. The minimum Gasteiger partial charge on any atom is -0.478 e. The van der Waals surface area contributed by atoms with Gasteiger partial charge in [-0.2, -0.15) is 0 Å². The lowest BCUT2D eigenvalue weighted by molar-refractivity contribution is 0.0696. The molecular weight excluding hydrogens is 399 g/mol. The van der Waals surface area contributed by atoms with Gasteiger partial charge in [0.05, 0.1) is 23.4 Å². The fourth-order valence-electron chi connectivity index (χ4n) is 2.58. The van der Waals surface area contributed by atoms with Crippen molar-refractivity contribution in [3.63, 3.8) is 0 Å². The van der Waals surface area contributed by atoms with Gasteiger partial charge in [-0.15, -0.1) is 0 Å². The van der Waals surface area contributed by atoms with E-state index in [1.54, 1.807) is 25.1 Å². The van der Waals surface area contributed by atoms with Crippen LogP contribution in [0.15, 0.2) is 60.8 Å². The lowest BCUT2D eigenvalue weighted by atomic mass is 10.1. The maximum Gasteiger partial charge on any atom is 0.335 e. The second-order valence-corrected chi connectivity index (χ2v) is 6.62. The second kappa shape index (κ2) is 8.70. The number of carboxylic acids is 1. The van der Waals surface area contributed by atoms with Crippen molar-refractivity contribution in [3.8, 4) is 11.6 Å². The summed E-state index contributed by atoms with van der Waals surface area (Å²) in [7, 11) is 0. The van der Waals surface area contributed by atoms with Crippen LogP contribution in [-0.2, 0) is 0 Å². The zero-order chi connectivity index (χ0) is 21.0. The van der Waals surface area contributed by atoms with Crippen molar-refractivity contribution in [2.24, 2.45) is 0 Å². The fraction of sp³-hybridized carbons (Fsp3) is 0.0952. The number of ether oxygens (including phenoxy) is 1. The molecule has 148 valence electrons. The molecule has 0 spiro atoms. The minimum atomic E-state index is -1.02. The van der Waals surface area contributed by atoms with Gasteiger partial charge in [0.2, 0.25) is 5.88 Å². The monoisotopic (exact) mass is 414 g/mol. The number of nitrogens with zero attached hydrogens (tertiary/aromatic N) is 1. The molecule has 1 heterocycles. The first-order valence-corrected chi connectivity index (χ1v) is 8.94. The van der Waals surface area contributed by atoms with E-state index in [-0.39, 0.29) is 22.8 Å². The van der Waals surface area contributed by atoms with Crippen LogP contribution in [0.1, 0.15) is 39.2 Å². The molecule has 0 saturated carbocycles. The highest BCUT2D eigenvalue weighted by molar-refractivity contribution is 6.31. The van der Waals surface area contributed by atoms with Crippen LogP contribution in [0.2, 0.25) is 5.02 Å². The molecule has 0 fully saturated rings. The van der Waals surface area contributed by atoms with Crippen molar-refractivity contribution in [2.75, 3.05) is 0 Å². The molecule has 1 atom stereocenters. The molecule has 3 rings (SSSR count). The average Bonchev–Trinajstić information content (AvgIpc) is 2.71. The van der Waals surface area contributed by atoms with E-state index < -0.39 is 23.7 Å². The zero-order valence-electron chi connectivity index (χ0n) is 15.2. The average molecular weight is 415 g/mol. The highest BCUT2D eigenvalue weighted by atomic mass is 35.5. The third-order valence-electron chi connectivity index (χ3n) is 4.11. The van der Waals surface area contributed by atoms with Crippen molar-refractivity contribution in [2.45, 2.75) is 13.0 Å². The molecule has 3 aromatic rings. The first-order valence-electron chi connectivity index (χ1n) is 8.56. The van der Waals surface area contributed by atoms with Gasteiger partial charge in [0.1, 0.15) is 11.6 Å². The lowest BCUT2D eigenvalue weighted by Crippen LogP contribution is -2.27. The number of carboxylic acid groups (broad SMARTS) is 1. The van der Waals surface area contributed by atoms with Crippen LogP contribution in [0, 0.1) is 5.82 Å². The summed E-state index contributed by atoms with van der Waals surface area (Å²) in [5.41, 5.74) is 1.07. The summed E-state index contributed by atoms with van der Waals surface area (Å²) >= 11 is 6.03. The third-order valence-corrected chi connectivity index (χ3v) is 4.34.